The molecule has 0 unspecified atom stereocenters. The van der Waals surface area contributed by atoms with Gasteiger partial charge in [-0.2, -0.15) is 13.2 Å². The van der Waals surface area contributed by atoms with Gasteiger partial charge in [-0.15, -0.1) is 0 Å². The van der Waals surface area contributed by atoms with Crippen molar-refractivity contribution in [2.75, 3.05) is 13.1 Å². The number of carbonyl (C=O) groups excluding carboxylic acids is 1. The first-order chi connectivity index (χ1) is 8.73. The maximum atomic E-state index is 12.5. The average molecular weight is 296 g/mol. The summed E-state index contributed by atoms with van der Waals surface area (Å²) in [7, 11) is 0. The van der Waals surface area contributed by atoms with Gasteiger partial charge in [0.25, 0.3) is 0 Å². The zero-order chi connectivity index (χ0) is 14.7. The molecule has 19 heavy (non-hydrogen) atoms. The lowest BCUT2D eigenvalue weighted by molar-refractivity contribution is -0.165. The highest BCUT2D eigenvalue weighted by molar-refractivity contribution is 7.80. The van der Waals surface area contributed by atoms with Crippen molar-refractivity contribution in [1.29, 1.82) is 0 Å². The lowest BCUT2D eigenvalue weighted by atomic mass is 9.84. The van der Waals surface area contributed by atoms with Crippen molar-refractivity contribution in [3.8, 4) is 0 Å². The monoisotopic (exact) mass is 296 g/mol. The SMILES string of the molecule is CCCN(CC(F)(F)F)C(=O)C1(C(N)=S)CCCC1. The highest BCUT2D eigenvalue weighted by atomic mass is 32.1. The summed E-state index contributed by atoms with van der Waals surface area (Å²) in [5.41, 5.74) is 4.57. The van der Waals surface area contributed by atoms with Crippen LogP contribution in [0.5, 0.6) is 0 Å². The fourth-order valence-electron chi connectivity index (χ4n) is 2.59. The number of hydrogen-bond donors (Lipinski definition) is 1. The van der Waals surface area contributed by atoms with Crippen molar-refractivity contribution in [3.05, 3.63) is 0 Å². The Balaban J connectivity index is 2.94. The third-order valence-corrected chi connectivity index (χ3v) is 3.88. The van der Waals surface area contributed by atoms with E-state index in [1.165, 1.54) is 0 Å². The number of alkyl halides is 3. The number of hydrogen-bond acceptors (Lipinski definition) is 2. The molecule has 0 aliphatic heterocycles. The zero-order valence-electron chi connectivity index (χ0n) is 10.9. The molecule has 0 saturated heterocycles. The van der Waals surface area contributed by atoms with E-state index in [4.69, 9.17) is 18.0 Å². The number of nitrogens with zero attached hydrogens (tertiary/aromatic N) is 1. The van der Waals surface area contributed by atoms with Crippen LogP contribution in [0.4, 0.5) is 13.2 Å². The van der Waals surface area contributed by atoms with Crippen LogP contribution < -0.4 is 5.73 Å². The summed E-state index contributed by atoms with van der Waals surface area (Å²) >= 11 is 4.94. The molecule has 0 radical (unpaired) electrons. The van der Waals surface area contributed by atoms with Crippen LogP contribution in [0.15, 0.2) is 0 Å². The number of rotatable bonds is 5. The van der Waals surface area contributed by atoms with Crippen LogP contribution in [-0.2, 0) is 4.79 Å². The van der Waals surface area contributed by atoms with Crippen LogP contribution in [0.3, 0.4) is 0 Å². The maximum absolute atomic E-state index is 12.5. The van der Waals surface area contributed by atoms with Gasteiger partial charge in [-0.1, -0.05) is 32.0 Å². The molecule has 0 spiro atoms. The number of carbonyl (C=O) groups is 1. The van der Waals surface area contributed by atoms with Crippen molar-refractivity contribution in [1.82, 2.24) is 4.90 Å². The predicted octanol–water partition coefficient (Wildman–Crippen LogP) is 2.63. The molecule has 0 bridgehead atoms. The van der Waals surface area contributed by atoms with E-state index in [-0.39, 0.29) is 11.5 Å². The minimum absolute atomic E-state index is 0.0262. The number of nitrogens with two attached hydrogens (primary N) is 1. The molecular formula is C12H19F3N2OS. The topological polar surface area (TPSA) is 46.3 Å². The molecule has 0 aromatic rings. The summed E-state index contributed by atoms with van der Waals surface area (Å²) < 4.78 is 37.6. The van der Waals surface area contributed by atoms with Crippen LogP contribution in [0.25, 0.3) is 0 Å². The van der Waals surface area contributed by atoms with E-state index < -0.39 is 24.0 Å². The number of halogens is 3. The van der Waals surface area contributed by atoms with Crippen molar-refractivity contribution < 1.29 is 18.0 Å². The molecule has 1 rings (SSSR count). The Labute approximate surface area is 116 Å². The van der Waals surface area contributed by atoms with Crippen LogP contribution in [0.2, 0.25) is 0 Å². The molecule has 2 N–H and O–H groups in total. The first-order valence-corrected chi connectivity index (χ1v) is 6.80. The fraction of sp³-hybridized carbons (Fsp3) is 0.833. The van der Waals surface area contributed by atoms with Gasteiger partial charge < -0.3 is 10.6 Å². The highest BCUT2D eigenvalue weighted by Gasteiger charge is 2.47. The maximum Gasteiger partial charge on any atom is 0.406 e. The molecule has 0 aromatic heterocycles. The van der Waals surface area contributed by atoms with E-state index in [0.717, 1.165) is 17.7 Å². The van der Waals surface area contributed by atoms with Gasteiger partial charge in [0.05, 0.1) is 10.4 Å². The van der Waals surface area contributed by atoms with E-state index in [0.29, 0.717) is 19.3 Å². The Morgan fingerprint density at radius 3 is 2.26 bits per heavy atom. The Hall–Kier alpha value is -0.850. The van der Waals surface area contributed by atoms with Crippen molar-refractivity contribution in [3.63, 3.8) is 0 Å². The summed E-state index contributed by atoms with van der Waals surface area (Å²) in [4.78, 5) is 13.3. The average Bonchev–Trinajstić information content (AvgIpc) is 2.76. The Kier molecular flexibility index (Phi) is 5.18. The van der Waals surface area contributed by atoms with Crippen LogP contribution >= 0.6 is 12.2 Å². The van der Waals surface area contributed by atoms with Gasteiger partial charge in [0, 0.05) is 6.54 Å². The second-order valence-corrected chi connectivity index (χ2v) is 5.44. The molecule has 1 fully saturated rings. The minimum Gasteiger partial charge on any atom is -0.392 e. The zero-order valence-corrected chi connectivity index (χ0v) is 11.7. The summed E-state index contributed by atoms with van der Waals surface area (Å²) in [6.07, 6.45) is -1.47. The Morgan fingerprint density at radius 2 is 1.89 bits per heavy atom. The molecule has 1 aliphatic rings. The van der Waals surface area contributed by atoms with E-state index in [1.807, 2.05) is 0 Å². The van der Waals surface area contributed by atoms with Gasteiger partial charge in [0.2, 0.25) is 5.91 Å². The first-order valence-electron chi connectivity index (χ1n) is 6.39. The Bertz CT molecular complexity index is 351. The molecule has 0 aromatic carbocycles. The smallest absolute Gasteiger partial charge is 0.392 e. The predicted molar refractivity (Wildman–Crippen MR) is 70.6 cm³/mol. The molecule has 0 atom stereocenters. The van der Waals surface area contributed by atoms with E-state index in [1.54, 1.807) is 6.92 Å². The highest BCUT2D eigenvalue weighted by Crippen LogP contribution is 2.40. The molecular weight excluding hydrogens is 277 g/mol. The van der Waals surface area contributed by atoms with Gasteiger partial charge in [-0.05, 0) is 19.3 Å². The quantitative estimate of drug-likeness (QED) is 0.793. The third-order valence-electron chi connectivity index (χ3n) is 3.49. The standard InChI is InChI=1S/C12H19F3N2OS/c1-2-7-17(8-12(13,14)15)10(18)11(9(16)19)5-3-4-6-11/h2-8H2,1H3,(H2,16,19). The van der Waals surface area contributed by atoms with Gasteiger partial charge >= 0.3 is 6.18 Å². The minimum atomic E-state index is -4.40. The Morgan fingerprint density at radius 1 is 1.37 bits per heavy atom. The van der Waals surface area contributed by atoms with Crippen LogP contribution in [0.1, 0.15) is 39.0 Å². The third kappa shape index (κ3) is 3.81. The van der Waals surface area contributed by atoms with E-state index >= 15 is 0 Å². The first kappa shape index (κ1) is 16.2. The summed E-state index contributed by atoms with van der Waals surface area (Å²) in [5, 5.41) is 0. The second-order valence-electron chi connectivity index (χ2n) is 5.00. The number of thiocarbonyl (C=S) groups is 1. The number of amides is 1. The largest absolute Gasteiger partial charge is 0.406 e. The second kappa shape index (κ2) is 6.07. The molecule has 1 saturated carbocycles. The van der Waals surface area contributed by atoms with Crippen molar-refractivity contribution in [2.24, 2.45) is 11.1 Å². The van der Waals surface area contributed by atoms with Gasteiger partial charge in [0.1, 0.15) is 6.54 Å². The van der Waals surface area contributed by atoms with Crippen LogP contribution in [0, 0.1) is 5.41 Å². The lowest BCUT2D eigenvalue weighted by Crippen LogP contribution is -2.51. The van der Waals surface area contributed by atoms with Crippen LogP contribution in [-0.4, -0.2) is 35.1 Å². The molecule has 7 heteroatoms. The summed E-state index contributed by atoms with van der Waals surface area (Å²) in [5.74, 6) is -0.559. The summed E-state index contributed by atoms with van der Waals surface area (Å²) in [6, 6.07) is 0. The molecule has 110 valence electrons. The van der Waals surface area contributed by atoms with Gasteiger partial charge in [0.15, 0.2) is 0 Å². The molecule has 1 amide bonds. The lowest BCUT2D eigenvalue weighted by Gasteiger charge is -2.34. The molecule has 0 heterocycles. The molecule has 1 aliphatic carbocycles. The van der Waals surface area contributed by atoms with Gasteiger partial charge in [-0.25, -0.2) is 0 Å². The van der Waals surface area contributed by atoms with E-state index in [9.17, 15) is 18.0 Å². The molecule has 3 nitrogen and oxygen atoms in total. The van der Waals surface area contributed by atoms with Gasteiger partial charge in [-0.3, -0.25) is 4.79 Å². The fourth-order valence-corrected chi connectivity index (χ4v) is 2.88. The van der Waals surface area contributed by atoms with Crippen molar-refractivity contribution >= 4 is 23.1 Å². The van der Waals surface area contributed by atoms with Crippen molar-refractivity contribution in [2.45, 2.75) is 45.2 Å². The van der Waals surface area contributed by atoms with E-state index in [2.05, 4.69) is 0 Å². The summed E-state index contributed by atoms with van der Waals surface area (Å²) in [6.45, 7) is 0.575. The normalized spacial score (nSPS) is 18.3.